The second-order valence-corrected chi connectivity index (χ2v) is 5.26. The quantitative estimate of drug-likeness (QED) is 0.505. The fourth-order valence-corrected chi connectivity index (χ4v) is 2.35. The van der Waals surface area contributed by atoms with E-state index in [0.717, 1.165) is 0 Å². The number of fused-ring (bicyclic) bond motifs is 1. The number of Topliss-reactive ketones (excluding diaryl/α,β-unsaturated/α-hetero) is 1. The molecule has 0 spiro atoms. The number of hydrogen-bond donors (Lipinski definition) is 2. The number of nitriles is 1. The van der Waals surface area contributed by atoms with Crippen LogP contribution in [0.15, 0.2) is 59.9 Å². The van der Waals surface area contributed by atoms with Gasteiger partial charge in [-0.25, -0.2) is 0 Å². The van der Waals surface area contributed by atoms with E-state index in [4.69, 9.17) is 11.6 Å². The second kappa shape index (κ2) is 5.95. The Labute approximate surface area is 137 Å². The number of nitrogens with zero attached hydrogens (tertiary/aromatic N) is 1. The van der Waals surface area contributed by atoms with Crippen molar-refractivity contribution in [3.05, 3.63) is 76.1 Å². The molecule has 2 N–H and O–H groups in total. The number of ketones is 1. The Hall–Kier alpha value is -3.10. The Morgan fingerprint density at radius 2 is 1.74 bits per heavy atom. The molecule has 0 aromatic heterocycles. The highest BCUT2D eigenvalue weighted by molar-refractivity contribution is 6.30. The molecule has 0 unspecified atom stereocenters. The van der Waals surface area contributed by atoms with E-state index < -0.39 is 5.78 Å². The molecule has 6 heteroatoms. The van der Waals surface area contributed by atoms with Gasteiger partial charge in [0.25, 0.3) is 5.91 Å². The number of allylic oxidation sites excluding steroid dienone is 1. The summed E-state index contributed by atoms with van der Waals surface area (Å²) in [6, 6.07) is 14.9. The van der Waals surface area contributed by atoms with Gasteiger partial charge in [-0.1, -0.05) is 23.7 Å². The molecule has 0 saturated heterocycles. The van der Waals surface area contributed by atoms with Crippen LogP contribution in [0.5, 0.6) is 0 Å². The average molecular weight is 324 g/mol. The highest BCUT2D eigenvalue weighted by atomic mass is 35.5. The predicted molar refractivity (Wildman–Crippen MR) is 86.0 cm³/mol. The first-order valence-electron chi connectivity index (χ1n) is 6.72. The first-order chi connectivity index (χ1) is 11.1. The molecule has 3 rings (SSSR count). The number of anilines is 1. The van der Waals surface area contributed by atoms with Crippen LogP contribution in [0.3, 0.4) is 0 Å². The van der Waals surface area contributed by atoms with E-state index in [1.165, 1.54) is 12.1 Å². The first kappa shape index (κ1) is 14.8. The molecule has 23 heavy (non-hydrogen) atoms. The fraction of sp³-hybridized carbons (Fsp3) is 0. The van der Waals surface area contributed by atoms with Crippen molar-refractivity contribution in [1.82, 2.24) is 5.32 Å². The van der Waals surface area contributed by atoms with Gasteiger partial charge in [-0.2, -0.15) is 5.26 Å². The highest BCUT2D eigenvalue weighted by Crippen LogP contribution is 2.23. The van der Waals surface area contributed by atoms with Gasteiger partial charge in [-0.15, -0.1) is 0 Å². The maximum absolute atomic E-state index is 12.5. The van der Waals surface area contributed by atoms with Gasteiger partial charge in [0.1, 0.15) is 17.5 Å². The maximum Gasteiger partial charge on any atom is 0.258 e. The summed E-state index contributed by atoms with van der Waals surface area (Å²) in [4.78, 5) is 24.6. The van der Waals surface area contributed by atoms with E-state index >= 15 is 0 Å². The van der Waals surface area contributed by atoms with Crippen molar-refractivity contribution < 1.29 is 9.59 Å². The SMILES string of the molecule is N#C/C(C(=O)c1ccc(Cl)cc1)=C1\NC(=O)c2ccccc2N1. The molecule has 1 aliphatic rings. The summed E-state index contributed by atoms with van der Waals surface area (Å²) in [5.74, 6) is -0.784. The minimum atomic E-state index is -0.494. The third-order valence-corrected chi connectivity index (χ3v) is 3.62. The molecule has 0 fully saturated rings. The molecular formula is C17H10ClN3O2. The van der Waals surface area contributed by atoms with Gasteiger partial charge in [0, 0.05) is 10.6 Å². The molecule has 0 aliphatic carbocycles. The third kappa shape index (κ3) is 2.80. The van der Waals surface area contributed by atoms with E-state index in [1.807, 2.05) is 6.07 Å². The summed E-state index contributed by atoms with van der Waals surface area (Å²) in [5, 5.41) is 15.3. The standard InChI is InChI=1S/C17H10ClN3O2/c18-11-7-5-10(6-8-11)15(22)13(9-19)16-20-14-4-2-1-3-12(14)17(23)21-16/h1-8,20H,(H,21,23)/b16-13+. The van der Waals surface area contributed by atoms with Crippen LogP contribution in [0.4, 0.5) is 5.69 Å². The van der Waals surface area contributed by atoms with E-state index in [9.17, 15) is 14.9 Å². The summed E-state index contributed by atoms with van der Waals surface area (Å²) < 4.78 is 0. The summed E-state index contributed by atoms with van der Waals surface area (Å²) >= 11 is 5.80. The average Bonchev–Trinajstić information content (AvgIpc) is 2.56. The Kier molecular flexibility index (Phi) is 3.83. The van der Waals surface area contributed by atoms with Crippen molar-refractivity contribution in [2.45, 2.75) is 0 Å². The lowest BCUT2D eigenvalue weighted by atomic mass is 10.0. The minimum Gasteiger partial charge on any atom is -0.340 e. The van der Waals surface area contributed by atoms with Gasteiger partial charge in [-0.3, -0.25) is 9.59 Å². The molecule has 2 aromatic rings. The van der Waals surface area contributed by atoms with Crippen LogP contribution in [0.1, 0.15) is 20.7 Å². The topological polar surface area (TPSA) is 82.0 Å². The Morgan fingerprint density at radius 1 is 1.04 bits per heavy atom. The van der Waals surface area contributed by atoms with Crippen molar-refractivity contribution >= 4 is 29.0 Å². The summed E-state index contributed by atoms with van der Waals surface area (Å²) in [6.07, 6.45) is 0. The zero-order valence-corrected chi connectivity index (χ0v) is 12.5. The number of hydrogen-bond acceptors (Lipinski definition) is 4. The number of amides is 1. The predicted octanol–water partition coefficient (Wildman–Crippen LogP) is 3.11. The van der Waals surface area contributed by atoms with Crippen LogP contribution in [0, 0.1) is 11.3 Å². The van der Waals surface area contributed by atoms with E-state index in [2.05, 4.69) is 10.6 Å². The van der Waals surface area contributed by atoms with Crippen LogP contribution >= 0.6 is 11.6 Å². The zero-order valence-electron chi connectivity index (χ0n) is 11.8. The lowest BCUT2D eigenvalue weighted by molar-refractivity contribution is 0.0963. The largest absolute Gasteiger partial charge is 0.340 e. The number of para-hydroxylation sites is 1. The van der Waals surface area contributed by atoms with Gasteiger partial charge in [0.15, 0.2) is 0 Å². The summed E-state index contributed by atoms with van der Waals surface area (Å²) in [7, 11) is 0. The monoisotopic (exact) mass is 323 g/mol. The summed E-state index contributed by atoms with van der Waals surface area (Å²) in [5.41, 5.74) is 1.14. The number of carbonyl (C=O) groups excluding carboxylic acids is 2. The number of nitrogens with one attached hydrogen (secondary N) is 2. The van der Waals surface area contributed by atoms with Crippen LogP contribution in [0.2, 0.25) is 5.02 Å². The Bertz CT molecular complexity index is 879. The molecule has 1 heterocycles. The molecule has 0 saturated carbocycles. The highest BCUT2D eigenvalue weighted by Gasteiger charge is 2.25. The van der Waals surface area contributed by atoms with Crippen LogP contribution in [0.25, 0.3) is 0 Å². The molecule has 1 amide bonds. The maximum atomic E-state index is 12.5. The van der Waals surface area contributed by atoms with E-state index in [1.54, 1.807) is 36.4 Å². The summed E-state index contributed by atoms with van der Waals surface area (Å²) in [6.45, 7) is 0. The van der Waals surface area contributed by atoms with Crippen molar-refractivity contribution in [2.75, 3.05) is 5.32 Å². The van der Waals surface area contributed by atoms with Crippen LogP contribution in [-0.2, 0) is 0 Å². The van der Waals surface area contributed by atoms with Crippen molar-refractivity contribution in [3.63, 3.8) is 0 Å². The van der Waals surface area contributed by atoms with Gasteiger partial charge >= 0.3 is 0 Å². The molecule has 1 aliphatic heterocycles. The molecule has 2 aromatic carbocycles. The molecule has 0 bridgehead atoms. The number of carbonyl (C=O) groups is 2. The molecule has 112 valence electrons. The van der Waals surface area contributed by atoms with E-state index in [-0.39, 0.29) is 17.3 Å². The first-order valence-corrected chi connectivity index (χ1v) is 7.10. The van der Waals surface area contributed by atoms with Crippen molar-refractivity contribution in [3.8, 4) is 6.07 Å². The normalized spacial score (nSPS) is 14.9. The van der Waals surface area contributed by atoms with Gasteiger partial charge in [-0.05, 0) is 36.4 Å². The zero-order chi connectivity index (χ0) is 16.4. The molecule has 0 atom stereocenters. The third-order valence-electron chi connectivity index (χ3n) is 3.37. The van der Waals surface area contributed by atoms with Crippen molar-refractivity contribution in [1.29, 1.82) is 5.26 Å². The molecule has 5 nitrogen and oxygen atoms in total. The Balaban J connectivity index is 2.02. The Morgan fingerprint density at radius 3 is 2.43 bits per heavy atom. The number of rotatable bonds is 2. The number of halogens is 1. The van der Waals surface area contributed by atoms with Crippen LogP contribution in [-0.4, -0.2) is 11.7 Å². The van der Waals surface area contributed by atoms with Gasteiger partial charge in [0.05, 0.1) is 11.3 Å². The fourth-order valence-electron chi connectivity index (χ4n) is 2.23. The van der Waals surface area contributed by atoms with Crippen molar-refractivity contribution in [2.24, 2.45) is 0 Å². The lowest BCUT2D eigenvalue weighted by Gasteiger charge is -2.21. The number of benzene rings is 2. The molecule has 0 radical (unpaired) electrons. The van der Waals surface area contributed by atoms with Gasteiger partial charge < -0.3 is 10.6 Å². The smallest absolute Gasteiger partial charge is 0.258 e. The van der Waals surface area contributed by atoms with Crippen LogP contribution < -0.4 is 10.6 Å². The molecular weight excluding hydrogens is 314 g/mol. The second-order valence-electron chi connectivity index (χ2n) is 4.82. The minimum absolute atomic E-state index is 0.0798. The van der Waals surface area contributed by atoms with Gasteiger partial charge in [0.2, 0.25) is 5.78 Å². The van der Waals surface area contributed by atoms with E-state index in [0.29, 0.717) is 21.8 Å². The lowest BCUT2D eigenvalue weighted by Crippen LogP contribution is -2.34.